The molecule has 0 aliphatic heterocycles. The van der Waals surface area contributed by atoms with Crippen LogP contribution in [0.4, 0.5) is 5.69 Å². The third-order valence-corrected chi connectivity index (χ3v) is 4.14. The first-order valence-electron chi connectivity index (χ1n) is 4.30. The summed E-state index contributed by atoms with van der Waals surface area (Å²) in [4.78, 5) is 5.32. The predicted molar refractivity (Wildman–Crippen MR) is 66.8 cm³/mol. The third kappa shape index (κ3) is 2.65. The Morgan fingerprint density at radius 3 is 2.93 bits per heavy atom. The van der Waals surface area contributed by atoms with Crippen LogP contribution in [0.2, 0.25) is 5.02 Å². The molecule has 0 aliphatic carbocycles. The van der Waals surface area contributed by atoms with Crippen LogP contribution in [0.25, 0.3) is 0 Å². The van der Waals surface area contributed by atoms with Crippen LogP contribution in [-0.2, 0) is 0 Å². The van der Waals surface area contributed by atoms with Gasteiger partial charge in [-0.1, -0.05) is 23.4 Å². The minimum atomic E-state index is 0.694. The average molecular weight is 257 g/mol. The van der Waals surface area contributed by atoms with E-state index >= 15 is 0 Å². The van der Waals surface area contributed by atoms with E-state index < -0.39 is 0 Å². The largest absolute Gasteiger partial charge is 0.398 e. The van der Waals surface area contributed by atoms with Crippen molar-refractivity contribution in [3.8, 4) is 0 Å². The van der Waals surface area contributed by atoms with Crippen molar-refractivity contribution in [2.75, 3.05) is 5.73 Å². The molecule has 1 heterocycles. The lowest BCUT2D eigenvalue weighted by Crippen LogP contribution is -1.87. The maximum absolute atomic E-state index is 5.90. The number of anilines is 1. The zero-order chi connectivity index (χ0) is 10.8. The molecular weight excluding hydrogens is 248 g/mol. The maximum Gasteiger partial charge on any atom is 0.154 e. The van der Waals surface area contributed by atoms with E-state index in [4.69, 9.17) is 17.3 Å². The molecule has 15 heavy (non-hydrogen) atoms. The van der Waals surface area contributed by atoms with Gasteiger partial charge in [0.05, 0.1) is 0 Å². The molecular formula is C10H9ClN2S2. The van der Waals surface area contributed by atoms with Gasteiger partial charge in [-0.05, 0) is 25.1 Å². The van der Waals surface area contributed by atoms with Crippen molar-refractivity contribution in [1.82, 2.24) is 4.98 Å². The Hall–Kier alpha value is -0.710. The molecule has 2 N–H and O–H groups in total. The van der Waals surface area contributed by atoms with Crippen LogP contribution in [0.5, 0.6) is 0 Å². The fourth-order valence-corrected chi connectivity index (χ4v) is 3.18. The Morgan fingerprint density at radius 1 is 1.47 bits per heavy atom. The highest BCUT2D eigenvalue weighted by Gasteiger charge is 2.05. The second-order valence-corrected chi connectivity index (χ2v) is 5.62. The number of nitrogens with two attached hydrogens (primary N) is 1. The average Bonchev–Trinajstić information content (AvgIpc) is 2.58. The normalized spacial score (nSPS) is 10.5. The standard InChI is InChI=1S/C10H9ClN2S2/c1-6-5-14-10(13-6)15-9-4-7(11)2-3-8(9)12/h2-5H,12H2,1H3. The number of rotatable bonds is 2. The van der Waals surface area contributed by atoms with Gasteiger partial charge in [0.1, 0.15) is 0 Å². The number of nitrogen functional groups attached to an aromatic ring is 1. The monoisotopic (exact) mass is 256 g/mol. The van der Waals surface area contributed by atoms with E-state index in [0.717, 1.165) is 20.6 Å². The molecule has 0 spiro atoms. The maximum atomic E-state index is 5.90. The molecule has 2 rings (SSSR count). The Morgan fingerprint density at radius 2 is 2.27 bits per heavy atom. The highest BCUT2D eigenvalue weighted by Crippen LogP contribution is 2.35. The quantitative estimate of drug-likeness (QED) is 0.830. The van der Waals surface area contributed by atoms with Gasteiger partial charge in [-0.15, -0.1) is 11.3 Å². The summed E-state index contributed by atoms with van der Waals surface area (Å²) in [7, 11) is 0. The molecule has 0 amide bonds. The number of aromatic nitrogens is 1. The van der Waals surface area contributed by atoms with Gasteiger partial charge >= 0.3 is 0 Å². The molecule has 0 unspecified atom stereocenters. The first kappa shape index (κ1) is 10.8. The van der Waals surface area contributed by atoms with Crippen molar-refractivity contribution in [2.45, 2.75) is 16.2 Å². The van der Waals surface area contributed by atoms with Crippen LogP contribution in [0.3, 0.4) is 0 Å². The van der Waals surface area contributed by atoms with Crippen molar-refractivity contribution in [2.24, 2.45) is 0 Å². The van der Waals surface area contributed by atoms with Gasteiger partial charge < -0.3 is 5.73 Å². The Balaban J connectivity index is 2.27. The van der Waals surface area contributed by atoms with Crippen LogP contribution in [0.1, 0.15) is 5.69 Å². The molecule has 1 aromatic heterocycles. The second kappa shape index (κ2) is 4.43. The van der Waals surface area contributed by atoms with Gasteiger partial charge in [0.2, 0.25) is 0 Å². The predicted octanol–water partition coefficient (Wildman–Crippen LogP) is 3.84. The third-order valence-electron chi connectivity index (χ3n) is 1.77. The van der Waals surface area contributed by atoms with Gasteiger partial charge in [-0.3, -0.25) is 0 Å². The molecule has 0 saturated carbocycles. The smallest absolute Gasteiger partial charge is 0.154 e. The summed E-state index contributed by atoms with van der Waals surface area (Å²) in [5.41, 5.74) is 7.61. The Kier molecular flexibility index (Phi) is 3.19. The SMILES string of the molecule is Cc1csc(Sc2cc(Cl)ccc2N)n1. The first-order chi connectivity index (χ1) is 7.15. The van der Waals surface area contributed by atoms with Crippen molar-refractivity contribution < 1.29 is 0 Å². The number of hydrogen-bond donors (Lipinski definition) is 1. The molecule has 0 fully saturated rings. The molecule has 5 heteroatoms. The summed E-state index contributed by atoms with van der Waals surface area (Å²) < 4.78 is 0.987. The molecule has 2 nitrogen and oxygen atoms in total. The van der Waals surface area contributed by atoms with E-state index in [0.29, 0.717) is 5.02 Å². The number of benzene rings is 1. The fraction of sp³-hybridized carbons (Fsp3) is 0.100. The summed E-state index contributed by atoms with van der Waals surface area (Å²) in [5.74, 6) is 0. The van der Waals surface area contributed by atoms with E-state index in [1.807, 2.05) is 24.4 Å². The lowest BCUT2D eigenvalue weighted by atomic mass is 10.3. The molecule has 0 radical (unpaired) electrons. The van der Waals surface area contributed by atoms with E-state index in [2.05, 4.69) is 4.98 Å². The zero-order valence-electron chi connectivity index (χ0n) is 8.03. The van der Waals surface area contributed by atoms with E-state index in [1.165, 1.54) is 0 Å². The summed E-state index contributed by atoms with van der Waals surface area (Å²) in [6, 6.07) is 5.46. The van der Waals surface area contributed by atoms with Gasteiger partial charge in [0.15, 0.2) is 4.34 Å². The van der Waals surface area contributed by atoms with E-state index in [9.17, 15) is 0 Å². The molecule has 0 atom stereocenters. The molecule has 0 aliphatic rings. The van der Waals surface area contributed by atoms with Gasteiger partial charge in [-0.25, -0.2) is 4.98 Å². The summed E-state index contributed by atoms with van der Waals surface area (Å²) >= 11 is 9.06. The van der Waals surface area contributed by atoms with Crippen LogP contribution in [0, 0.1) is 6.92 Å². The zero-order valence-corrected chi connectivity index (χ0v) is 10.4. The van der Waals surface area contributed by atoms with Crippen LogP contribution in [-0.4, -0.2) is 4.98 Å². The number of hydrogen-bond acceptors (Lipinski definition) is 4. The van der Waals surface area contributed by atoms with Crippen molar-refractivity contribution in [1.29, 1.82) is 0 Å². The minimum absolute atomic E-state index is 0.694. The first-order valence-corrected chi connectivity index (χ1v) is 6.37. The van der Waals surface area contributed by atoms with Crippen LogP contribution >= 0.6 is 34.7 Å². The highest BCUT2D eigenvalue weighted by atomic mass is 35.5. The number of halogens is 1. The lowest BCUT2D eigenvalue weighted by Gasteiger charge is -2.02. The Labute approximate surface area is 101 Å². The summed E-state index contributed by atoms with van der Waals surface area (Å²) in [6.07, 6.45) is 0. The summed E-state index contributed by atoms with van der Waals surface area (Å²) in [5, 5.41) is 2.71. The molecule has 2 aromatic rings. The van der Waals surface area contributed by atoms with E-state index in [1.54, 1.807) is 29.2 Å². The minimum Gasteiger partial charge on any atom is -0.398 e. The lowest BCUT2D eigenvalue weighted by molar-refractivity contribution is 1.16. The van der Waals surface area contributed by atoms with Gasteiger partial charge in [0.25, 0.3) is 0 Å². The van der Waals surface area contributed by atoms with E-state index in [-0.39, 0.29) is 0 Å². The number of aryl methyl sites for hydroxylation is 1. The topological polar surface area (TPSA) is 38.9 Å². The van der Waals surface area contributed by atoms with Crippen molar-refractivity contribution in [3.63, 3.8) is 0 Å². The number of nitrogens with zero attached hydrogens (tertiary/aromatic N) is 1. The molecule has 78 valence electrons. The van der Waals surface area contributed by atoms with Gasteiger partial charge in [-0.2, -0.15) is 0 Å². The molecule has 0 saturated heterocycles. The Bertz CT molecular complexity index is 482. The van der Waals surface area contributed by atoms with Crippen molar-refractivity contribution >= 4 is 40.4 Å². The van der Waals surface area contributed by atoms with Gasteiger partial charge in [0, 0.05) is 26.7 Å². The van der Waals surface area contributed by atoms with Crippen LogP contribution < -0.4 is 5.73 Å². The fourth-order valence-electron chi connectivity index (χ4n) is 1.07. The number of thiazole rings is 1. The molecule has 0 bridgehead atoms. The van der Waals surface area contributed by atoms with Crippen molar-refractivity contribution in [3.05, 3.63) is 34.3 Å². The second-order valence-electron chi connectivity index (χ2n) is 3.04. The molecule has 1 aromatic carbocycles. The van der Waals surface area contributed by atoms with Crippen LogP contribution in [0.15, 0.2) is 32.8 Å². The summed E-state index contributed by atoms with van der Waals surface area (Å²) in [6.45, 7) is 1.97. The highest BCUT2D eigenvalue weighted by molar-refractivity contribution is 8.01.